The minimum Gasteiger partial charge on any atom is -0.299 e. The number of likely N-dealkylation sites (N-methyl/N-ethyl adjacent to an activating group) is 1. The number of rotatable bonds is 2. The fourth-order valence-electron chi connectivity index (χ4n) is 1.82. The van der Waals surface area contributed by atoms with Gasteiger partial charge in [0.1, 0.15) is 0 Å². The van der Waals surface area contributed by atoms with Crippen LogP contribution in [0.25, 0.3) is 0 Å². The average molecular weight is 280 g/mol. The molecule has 1 aliphatic rings. The molecule has 18 heavy (non-hydrogen) atoms. The van der Waals surface area contributed by atoms with Gasteiger partial charge in [-0.25, -0.2) is 0 Å². The van der Waals surface area contributed by atoms with Gasteiger partial charge in [0.05, 0.1) is 6.04 Å². The number of amides is 1. The summed E-state index contributed by atoms with van der Waals surface area (Å²) < 4.78 is 36.9. The van der Waals surface area contributed by atoms with Gasteiger partial charge >= 0.3 is 6.18 Å². The van der Waals surface area contributed by atoms with Crippen molar-refractivity contribution in [2.45, 2.75) is 25.1 Å². The van der Waals surface area contributed by atoms with Crippen LogP contribution in [0.2, 0.25) is 0 Å². The predicted octanol–water partition coefficient (Wildman–Crippen LogP) is 1.59. The van der Waals surface area contributed by atoms with Crippen molar-refractivity contribution in [3.63, 3.8) is 0 Å². The van der Waals surface area contributed by atoms with Gasteiger partial charge in [-0.1, -0.05) is 11.3 Å². The first-order valence-electron chi connectivity index (χ1n) is 5.30. The van der Waals surface area contributed by atoms with Gasteiger partial charge in [0.25, 0.3) is 0 Å². The monoisotopic (exact) mass is 280 g/mol. The Morgan fingerprint density at radius 2 is 2.22 bits per heavy atom. The number of carbonyl (C=O) groups is 1. The maximum atomic E-state index is 12.3. The Labute approximate surface area is 105 Å². The number of likely N-dealkylation sites (tertiary alicyclic amines) is 1. The molecule has 1 fully saturated rings. The number of halogens is 3. The smallest absolute Gasteiger partial charge is 0.299 e. The summed E-state index contributed by atoms with van der Waals surface area (Å²) in [7, 11) is 1.80. The van der Waals surface area contributed by atoms with Gasteiger partial charge < -0.3 is 0 Å². The summed E-state index contributed by atoms with van der Waals surface area (Å²) in [5, 5.41) is 7.51. The lowest BCUT2D eigenvalue weighted by molar-refractivity contribution is -0.138. The summed E-state index contributed by atoms with van der Waals surface area (Å²) in [4.78, 5) is 13.7. The lowest BCUT2D eigenvalue weighted by Gasteiger charge is -2.17. The third-order valence-corrected chi connectivity index (χ3v) is 3.60. The van der Waals surface area contributed by atoms with Gasteiger partial charge in [0, 0.05) is 0 Å². The van der Waals surface area contributed by atoms with Gasteiger partial charge in [-0.05, 0) is 26.4 Å². The van der Waals surface area contributed by atoms with Gasteiger partial charge in [-0.3, -0.25) is 15.0 Å². The molecule has 1 N–H and O–H groups in total. The molecule has 0 saturated carbocycles. The van der Waals surface area contributed by atoms with Gasteiger partial charge in [0.15, 0.2) is 0 Å². The maximum Gasteiger partial charge on any atom is 0.445 e. The molecule has 1 atom stereocenters. The summed E-state index contributed by atoms with van der Waals surface area (Å²) in [5.41, 5.74) is 0. The van der Waals surface area contributed by atoms with Crippen LogP contribution in [0.4, 0.5) is 18.3 Å². The molecule has 0 spiro atoms. The highest BCUT2D eigenvalue weighted by atomic mass is 32.1. The van der Waals surface area contributed by atoms with E-state index in [4.69, 9.17) is 0 Å². The Morgan fingerprint density at radius 1 is 1.50 bits per heavy atom. The van der Waals surface area contributed by atoms with Crippen molar-refractivity contribution >= 4 is 22.4 Å². The summed E-state index contributed by atoms with van der Waals surface area (Å²) in [5.74, 6) is -0.333. The minimum absolute atomic E-state index is 0.118. The lowest BCUT2D eigenvalue weighted by Crippen LogP contribution is -2.37. The molecule has 0 aliphatic carbocycles. The van der Waals surface area contributed by atoms with Crippen molar-refractivity contribution in [3.05, 3.63) is 5.01 Å². The van der Waals surface area contributed by atoms with Crippen LogP contribution in [0.1, 0.15) is 17.8 Å². The SMILES string of the molecule is CN1CCCC1C(=O)Nc1nnc(C(F)(F)F)s1. The van der Waals surface area contributed by atoms with Gasteiger partial charge in [-0.15, -0.1) is 10.2 Å². The van der Waals surface area contributed by atoms with Crippen LogP contribution in [-0.2, 0) is 11.0 Å². The number of hydrogen-bond donors (Lipinski definition) is 1. The first-order valence-corrected chi connectivity index (χ1v) is 6.11. The Bertz CT molecular complexity index is 447. The maximum absolute atomic E-state index is 12.3. The van der Waals surface area contributed by atoms with Crippen LogP contribution in [0.15, 0.2) is 0 Å². The van der Waals surface area contributed by atoms with Gasteiger partial charge in [-0.2, -0.15) is 13.2 Å². The molecular formula is C9H11F3N4OS. The Balaban J connectivity index is 2.01. The molecule has 100 valence electrons. The lowest BCUT2D eigenvalue weighted by atomic mass is 10.2. The Morgan fingerprint density at radius 3 is 2.72 bits per heavy atom. The molecule has 0 aromatic carbocycles. The van der Waals surface area contributed by atoms with Crippen LogP contribution < -0.4 is 5.32 Å². The van der Waals surface area contributed by atoms with Crippen LogP contribution >= 0.6 is 11.3 Å². The Kier molecular flexibility index (Phi) is 3.53. The molecule has 1 amide bonds. The van der Waals surface area contributed by atoms with E-state index >= 15 is 0 Å². The normalized spacial score (nSPS) is 21.2. The minimum atomic E-state index is -4.52. The second-order valence-electron chi connectivity index (χ2n) is 4.04. The highest BCUT2D eigenvalue weighted by molar-refractivity contribution is 7.15. The zero-order valence-electron chi connectivity index (χ0n) is 9.49. The van der Waals surface area contributed by atoms with Crippen molar-refractivity contribution in [2.24, 2.45) is 0 Å². The molecule has 1 aliphatic heterocycles. The summed E-state index contributed by atoms with van der Waals surface area (Å²) in [6.45, 7) is 0.808. The van der Waals surface area contributed by atoms with E-state index in [0.29, 0.717) is 17.8 Å². The molecule has 0 bridgehead atoms. The number of hydrogen-bond acceptors (Lipinski definition) is 5. The predicted molar refractivity (Wildman–Crippen MR) is 59.2 cm³/mol. The molecule has 2 heterocycles. The van der Waals surface area contributed by atoms with Crippen LogP contribution in [-0.4, -0.2) is 40.6 Å². The van der Waals surface area contributed by atoms with Crippen molar-refractivity contribution in [1.29, 1.82) is 0 Å². The van der Waals surface area contributed by atoms with Gasteiger partial charge in [0.2, 0.25) is 16.0 Å². The summed E-state index contributed by atoms with van der Waals surface area (Å²) in [6.07, 6.45) is -2.92. The van der Waals surface area contributed by atoms with Crippen molar-refractivity contribution in [2.75, 3.05) is 18.9 Å². The van der Waals surface area contributed by atoms with E-state index in [-0.39, 0.29) is 17.1 Å². The van der Waals surface area contributed by atoms with Crippen molar-refractivity contribution in [1.82, 2.24) is 15.1 Å². The fraction of sp³-hybridized carbons (Fsp3) is 0.667. The molecule has 1 aromatic rings. The molecule has 5 nitrogen and oxygen atoms in total. The van der Waals surface area contributed by atoms with E-state index in [0.717, 1.165) is 13.0 Å². The molecule has 1 unspecified atom stereocenters. The molecule has 2 rings (SSSR count). The van der Waals surface area contributed by atoms with Crippen molar-refractivity contribution in [3.8, 4) is 0 Å². The number of anilines is 1. The zero-order chi connectivity index (χ0) is 13.3. The summed E-state index contributed by atoms with van der Waals surface area (Å²) >= 11 is 0.330. The molecule has 1 aromatic heterocycles. The molecular weight excluding hydrogens is 269 g/mol. The van der Waals surface area contributed by atoms with E-state index in [1.165, 1.54) is 0 Å². The van der Waals surface area contributed by atoms with E-state index in [1.807, 2.05) is 4.90 Å². The van der Waals surface area contributed by atoms with E-state index in [9.17, 15) is 18.0 Å². The third kappa shape index (κ3) is 2.78. The first-order chi connectivity index (χ1) is 8.38. The standard InChI is InChI=1S/C9H11F3N4OS/c1-16-4-2-3-5(16)6(17)13-8-15-14-7(18-8)9(10,11)12/h5H,2-4H2,1H3,(H,13,15,17). The fourth-order valence-corrected chi connectivity index (χ4v) is 2.43. The number of carbonyl (C=O) groups excluding carboxylic acids is 1. The van der Waals surface area contributed by atoms with E-state index < -0.39 is 11.2 Å². The third-order valence-electron chi connectivity index (χ3n) is 2.72. The number of aromatic nitrogens is 2. The van der Waals surface area contributed by atoms with E-state index in [2.05, 4.69) is 15.5 Å². The Hall–Kier alpha value is -1.22. The topological polar surface area (TPSA) is 58.1 Å². The quantitative estimate of drug-likeness (QED) is 0.893. The second-order valence-corrected chi connectivity index (χ2v) is 5.02. The van der Waals surface area contributed by atoms with Crippen molar-refractivity contribution < 1.29 is 18.0 Å². The first kappa shape index (κ1) is 13.2. The zero-order valence-corrected chi connectivity index (χ0v) is 10.3. The van der Waals surface area contributed by atoms with Crippen LogP contribution in [0.3, 0.4) is 0 Å². The largest absolute Gasteiger partial charge is 0.445 e. The average Bonchev–Trinajstić information content (AvgIpc) is 2.85. The summed E-state index contributed by atoms with van der Waals surface area (Å²) in [6, 6.07) is -0.303. The van der Waals surface area contributed by atoms with Crippen LogP contribution in [0.5, 0.6) is 0 Å². The number of nitrogens with zero attached hydrogens (tertiary/aromatic N) is 3. The second kappa shape index (κ2) is 4.81. The van der Waals surface area contributed by atoms with Crippen LogP contribution in [0, 0.1) is 0 Å². The highest BCUT2D eigenvalue weighted by Crippen LogP contribution is 2.33. The highest BCUT2D eigenvalue weighted by Gasteiger charge is 2.36. The molecule has 9 heteroatoms. The molecule has 1 saturated heterocycles. The van der Waals surface area contributed by atoms with E-state index in [1.54, 1.807) is 7.05 Å². The number of alkyl halides is 3. The molecule has 0 radical (unpaired) electrons. The number of nitrogens with one attached hydrogen (secondary N) is 1.